The van der Waals surface area contributed by atoms with Crippen LogP contribution in [0.15, 0.2) is 0 Å². The van der Waals surface area contributed by atoms with Crippen LogP contribution >= 0.6 is 11.6 Å². The van der Waals surface area contributed by atoms with Crippen LogP contribution in [0.4, 0.5) is 0 Å². The van der Waals surface area contributed by atoms with E-state index >= 15 is 0 Å². The molecular weight excluding hydrogens is 280 g/mol. The molecular formula is C10H19ClN2O4S. The minimum Gasteiger partial charge on any atom is -0.378 e. The van der Waals surface area contributed by atoms with Crippen LogP contribution in [0.5, 0.6) is 0 Å². The maximum Gasteiger partial charge on any atom is 0.240 e. The lowest BCUT2D eigenvalue weighted by molar-refractivity contribution is -0.129. The van der Waals surface area contributed by atoms with Crippen molar-refractivity contribution in [1.29, 1.82) is 0 Å². The maximum absolute atomic E-state index is 12.1. The molecule has 1 saturated heterocycles. The minimum absolute atomic E-state index is 0.0353. The van der Waals surface area contributed by atoms with Gasteiger partial charge >= 0.3 is 0 Å². The van der Waals surface area contributed by atoms with E-state index < -0.39 is 16.1 Å². The normalized spacial score (nSPS) is 21.8. The zero-order valence-electron chi connectivity index (χ0n) is 10.4. The average molecular weight is 299 g/mol. The van der Waals surface area contributed by atoms with E-state index in [2.05, 4.69) is 5.32 Å². The molecule has 1 aliphatic heterocycles. The van der Waals surface area contributed by atoms with Crippen molar-refractivity contribution in [3.8, 4) is 0 Å². The Kier molecular flexibility index (Phi) is 6.34. The third kappa shape index (κ3) is 4.08. The van der Waals surface area contributed by atoms with Gasteiger partial charge in [-0.2, -0.15) is 4.31 Å². The molecule has 0 spiro atoms. The van der Waals surface area contributed by atoms with Gasteiger partial charge in [0.15, 0.2) is 0 Å². The summed E-state index contributed by atoms with van der Waals surface area (Å²) in [6.45, 7) is 2.88. The van der Waals surface area contributed by atoms with Crippen molar-refractivity contribution in [2.24, 2.45) is 0 Å². The SMILES string of the molecule is CCNC(=O)C1COCCN1S(=O)(=O)CCCCl. The Balaban J connectivity index is 2.78. The second-order valence-electron chi connectivity index (χ2n) is 3.95. The molecule has 1 fully saturated rings. The molecule has 18 heavy (non-hydrogen) atoms. The summed E-state index contributed by atoms with van der Waals surface area (Å²) in [4.78, 5) is 11.8. The molecule has 1 aliphatic rings. The van der Waals surface area contributed by atoms with E-state index in [1.54, 1.807) is 6.92 Å². The highest BCUT2D eigenvalue weighted by Crippen LogP contribution is 2.14. The molecule has 8 heteroatoms. The van der Waals surface area contributed by atoms with Crippen molar-refractivity contribution < 1.29 is 17.9 Å². The Labute approximate surface area is 113 Å². The zero-order valence-corrected chi connectivity index (χ0v) is 12.0. The number of halogens is 1. The number of carbonyl (C=O) groups is 1. The summed E-state index contributed by atoms with van der Waals surface area (Å²) in [5.74, 6) is -0.0615. The van der Waals surface area contributed by atoms with Crippen molar-refractivity contribution in [3.05, 3.63) is 0 Å². The smallest absolute Gasteiger partial charge is 0.240 e. The quantitative estimate of drug-likeness (QED) is 0.688. The number of alkyl halides is 1. The van der Waals surface area contributed by atoms with E-state index in [1.165, 1.54) is 4.31 Å². The number of nitrogens with one attached hydrogen (secondary N) is 1. The largest absolute Gasteiger partial charge is 0.378 e. The first-order valence-corrected chi connectivity index (χ1v) is 8.08. The second-order valence-corrected chi connectivity index (χ2v) is 6.37. The zero-order chi connectivity index (χ0) is 13.6. The molecule has 1 amide bonds. The summed E-state index contributed by atoms with van der Waals surface area (Å²) < 4.78 is 30.6. The van der Waals surface area contributed by atoms with Gasteiger partial charge in [-0.3, -0.25) is 4.79 Å². The molecule has 1 unspecified atom stereocenters. The van der Waals surface area contributed by atoms with Crippen molar-refractivity contribution in [2.45, 2.75) is 19.4 Å². The topological polar surface area (TPSA) is 75.7 Å². The van der Waals surface area contributed by atoms with E-state index in [0.29, 0.717) is 19.6 Å². The number of amides is 1. The number of carbonyl (C=O) groups excluding carboxylic acids is 1. The lowest BCUT2D eigenvalue weighted by Crippen LogP contribution is -2.56. The van der Waals surface area contributed by atoms with Gasteiger partial charge in [0.1, 0.15) is 6.04 Å². The fourth-order valence-corrected chi connectivity index (χ4v) is 3.71. The summed E-state index contributed by atoms with van der Waals surface area (Å²) in [7, 11) is -3.45. The Morgan fingerprint density at radius 1 is 1.56 bits per heavy atom. The maximum atomic E-state index is 12.1. The van der Waals surface area contributed by atoms with Crippen LogP contribution in [-0.4, -0.2) is 62.6 Å². The molecule has 0 aromatic carbocycles. The summed E-state index contributed by atoms with van der Waals surface area (Å²) in [6, 6.07) is -0.765. The van der Waals surface area contributed by atoms with Gasteiger partial charge in [-0.1, -0.05) is 0 Å². The first kappa shape index (κ1) is 15.7. The number of ether oxygens (including phenoxy) is 1. The number of sulfonamides is 1. The standard InChI is InChI=1S/C10H19ClN2O4S/c1-2-12-10(14)9-8-17-6-5-13(9)18(15,16)7-3-4-11/h9H,2-8H2,1H3,(H,12,14). The number of morpholine rings is 1. The van der Waals surface area contributed by atoms with Gasteiger partial charge in [-0.05, 0) is 13.3 Å². The molecule has 6 nitrogen and oxygen atoms in total. The van der Waals surface area contributed by atoms with Crippen LogP contribution in [0.3, 0.4) is 0 Å². The predicted molar refractivity (Wildman–Crippen MR) is 69.1 cm³/mol. The summed E-state index contributed by atoms with van der Waals surface area (Å²) in [6.07, 6.45) is 0.378. The van der Waals surface area contributed by atoms with Crippen molar-refractivity contribution >= 4 is 27.5 Å². The van der Waals surface area contributed by atoms with Crippen LogP contribution in [-0.2, 0) is 19.6 Å². The lowest BCUT2D eigenvalue weighted by Gasteiger charge is -2.33. The molecule has 1 N–H and O–H groups in total. The minimum atomic E-state index is -3.45. The first-order valence-electron chi connectivity index (χ1n) is 5.94. The molecule has 0 radical (unpaired) electrons. The van der Waals surface area contributed by atoms with E-state index in [-0.39, 0.29) is 30.7 Å². The van der Waals surface area contributed by atoms with Gasteiger partial charge in [-0.25, -0.2) is 8.42 Å². The highest BCUT2D eigenvalue weighted by atomic mass is 35.5. The third-order valence-corrected chi connectivity index (χ3v) is 4.85. The van der Waals surface area contributed by atoms with Crippen LogP contribution < -0.4 is 5.32 Å². The fraction of sp³-hybridized carbons (Fsp3) is 0.900. The highest BCUT2D eigenvalue weighted by molar-refractivity contribution is 7.89. The molecule has 0 aromatic heterocycles. The Morgan fingerprint density at radius 2 is 2.28 bits per heavy atom. The van der Waals surface area contributed by atoms with E-state index in [4.69, 9.17) is 16.3 Å². The molecule has 0 aliphatic carbocycles. The molecule has 1 heterocycles. The molecule has 1 atom stereocenters. The fourth-order valence-electron chi connectivity index (χ4n) is 1.77. The average Bonchev–Trinajstić information content (AvgIpc) is 2.37. The highest BCUT2D eigenvalue weighted by Gasteiger charge is 2.36. The summed E-state index contributed by atoms with van der Waals surface area (Å²) in [5.41, 5.74) is 0. The lowest BCUT2D eigenvalue weighted by atomic mass is 10.2. The van der Waals surface area contributed by atoms with Crippen LogP contribution in [0.1, 0.15) is 13.3 Å². The Hall–Kier alpha value is -0.370. The van der Waals surface area contributed by atoms with Crippen molar-refractivity contribution in [2.75, 3.05) is 37.9 Å². The van der Waals surface area contributed by atoms with E-state index in [0.717, 1.165) is 0 Å². The molecule has 0 bridgehead atoms. The Bertz CT molecular complexity index is 374. The van der Waals surface area contributed by atoms with E-state index in [1.807, 2.05) is 0 Å². The summed E-state index contributed by atoms with van der Waals surface area (Å²) in [5, 5.41) is 2.62. The van der Waals surface area contributed by atoms with Gasteiger partial charge in [0, 0.05) is 19.0 Å². The van der Waals surface area contributed by atoms with E-state index in [9.17, 15) is 13.2 Å². The molecule has 106 valence electrons. The summed E-state index contributed by atoms with van der Waals surface area (Å²) >= 11 is 5.51. The van der Waals surface area contributed by atoms with Crippen LogP contribution in [0, 0.1) is 0 Å². The Morgan fingerprint density at radius 3 is 2.89 bits per heavy atom. The number of hydrogen-bond donors (Lipinski definition) is 1. The van der Waals surface area contributed by atoms with Crippen molar-refractivity contribution in [3.63, 3.8) is 0 Å². The van der Waals surface area contributed by atoms with Gasteiger partial charge < -0.3 is 10.1 Å². The van der Waals surface area contributed by atoms with Crippen molar-refractivity contribution in [1.82, 2.24) is 9.62 Å². The van der Waals surface area contributed by atoms with Gasteiger partial charge in [-0.15, -0.1) is 11.6 Å². The molecule has 0 saturated carbocycles. The number of hydrogen-bond acceptors (Lipinski definition) is 4. The molecule has 0 aromatic rings. The number of rotatable bonds is 6. The predicted octanol–water partition coefficient (Wildman–Crippen LogP) is -0.218. The van der Waals surface area contributed by atoms with Crippen LogP contribution in [0.25, 0.3) is 0 Å². The van der Waals surface area contributed by atoms with Crippen LogP contribution in [0.2, 0.25) is 0 Å². The van der Waals surface area contributed by atoms with Gasteiger partial charge in [0.05, 0.1) is 19.0 Å². The second kappa shape index (κ2) is 7.28. The van der Waals surface area contributed by atoms with Gasteiger partial charge in [0.25, 0.3) is 0 Å². The number of likely N-dealkylation sites (N-methyl/N-ethyl adjacent to an activating group) is 1. The number of nitrogens with zero attached hydrogens (tertiary/aromatic N) is 1. The first-order chi connectivity index (χ1) is 8.53. The van der Waals surface area contributed by atoms with Gasteiger partial charge in [0.2, 0.25) is 15.9 Å². The monoisotopic (exact) mass is 298 g/mol. The third-order valence-electron chi connectivity index (χ3n) is 2.63. The molecule has 1 rings (SSSR count).